The molecule has 1 rings (SSSR count). The highest BCUT2D eigenvalue weighted by atomic mass is 32.2. The van der Waals surface area contributed by atoms with E-state index in [9.17, 15) is 13.2 Å². The monoisotopic (exact) mass is 261 g/mol. The second-order valence-electron chi connectivity index (χ2n) is 3.61. The second-order valence-corrected chi connectivity index (χ2v) is 6.97. The number of aromatic nitrogens is 1. The van der Waals surface area contributed by atoms with Crippen molar-refractivity contribution in [2.75, 3.05) is 23.5 Å². The summed E-state index contributed by atoms with van der Waals surface area (Å²) >= 11 is 1.35. The van der Waals surface area contributed by atoms with Gasteiger partial charge in [0.2, 0.25) is 0 Å². The van der Waals surface area contributed by atoms with Crippen molar-refractivity contribution >= 4 is 27.4 Å². The number of carbonyl (C=O) groups excluding carboxylic acids is 1. The lowest BCUT2D eigenvalue weighted by molar-refractivity contribution is 0.101. The highest BCUT2D eigenvalue weighted by molar-refractivity contribution is 8.01. The number of ketones is 1. The van der Waals surface area contributed by atoms with E-state index in [1.165, 1.54) is 18.0 Å². The minimum atomic E-state index is -2.92. The summed E-state index contributed by atoms with van der Waals surface area (Å²) < 4.78 is 23.5. The maximum Gasteiger partial charge on any atom is 0.189 e. The molecular formula is C10H15NO3S2. The molecule has 0 aromatic carbocycles. The molecule has 0 unspecified atom stereocenters. The van der Waals surface area contributed by atoms with Gasteiger partial charge in [0, 0.05) is 25.3 Å². The summed E-state index contributed by atoms with van der Waals surface area (Å²) in [5.41, 5.74) is 0.659. The van der Waals surface area contributed by atoms with Crippen LogP contribution in [0.2, 0.25) is 0 Å². The molecule has 4 nitrogen and oxygen atoms in total. The molecule has 0 N–H and O–H groups in total. The van der Waals surface area contributed by atoms with E-state index in [4.69, 9.17) is 0 Å². The molecule has 0 bridgehead atoms. The van der Waals surface area contributed by atoms with Crippen LogP contribution in [0.25, 0.3) is 0 Å². The van der Waals surface area contributed by atoms with Crippen molar-refractivity contribution in [3.8, 4) is 0 Å². The molecule has 0 spiro atoms. The Hall–Kier alpha value is -0.750. The predicted octanol–water partition coefficient (Wildman–Crippen LogP) is 0.986. The zero-order valence-corrected chi connectivity index (χ0v) is 11.0. The van der Waals surface area contributed by atoms with Gasteiger partial charge in [0.05, 0.1) is 17.2 Å². The minimum absolute atomic E-state index is 0.0333. The number of Topliss-reactive ketones (excluding diaryl/α,β-unsaturated/α-hetero) is 1. The zero-order chi connectivity index (χ0) is 12.2. The molecule has 1 heterocycles. The Morgan fingerprint density at radius 3 is 2.69 bits per heavy atom. The molecule has 0 fully saturated rings. The van der Waals surface area contributed by atoms with E-state index in [0.29, 0.717) is 17.2 Å². The van der Waals surface area contributed by atoms with Gasteiger partial charge < -0.3 is 4.57 Å². The summed E-state index contributed by atoms with van der Waals surface area (Å²) in [6.07, 6.45) is 3.01. The SMILES string of the molecule is Cn1cccc1C(=O)CSCCS(C)(=O)=O. The van der Waals surface area contributed by atoms with Gasteiger partial charge in [-0.1, -0.05) is 0 Å². The van der Waals surface area contributed by atoms with Gasteiger partial charge in [0.15, 0.2) is 5.78 Å². The third kappa shape index (κ3) is 4.40. The lowest BCUT2D eigenvalue weighted by Gasteiger charge is -2.02. The van der Waals surface area contributed by atoms with E-state index in [1.807, 2.05) is 19.3 Å². The fourth-order valence-electron chi connectivity index (χ4n) is 1.20. The predicted molar refractivity (Wildman–Crippen MR) is 66.8 cm³/mol. The Morgan fingerprint density at radius 2 is 2.19 bits per heavy atom. The smallest absolute Gasteiger partial charge is 0.189 e. The molecule has 0 amide bonds. The number of sulfone groups is 1. The largest absolute Gasteiger partial charge is 0.348 e. The van der Waals surface area contributed by atoms with Crippen molar-refractivity contribution in [1.82, 2.24) is 4.57 Å². The van der Waals surface area contributed by atoms with Crippen LogP contribution in [0.15, 0.2) is 18.3 Å². The Bertz CT molecular complexity index is 462. The highest BCUT2D eigenvalue weighted by Crippen LogP contribution is 2.08. The van der Waals surface area contributed by atoms with Crippen LogP contribution in [-0.2, 0) is 16.9 Å². The number of nitrogens with zero attached hydrogens (tertiary/aromatic N) is 1. The van der Waals surface area contributed by atoms with Crippen LogP contribution in [-0.4, -0.2) is 42.3 Å². The van der Waals surface area contributed by atoms with Crippen LogP contribution in [0.5, 0.6) is 0 Å². The fraction of sp³-hybridized carbons (Fsp3) is 0.500. The molecule has 6 heteroatoms. The van der Waals surface area contributed by atoms with Gasteiger partial charge >= 0.3 is 0 Å². The summed E-state index contributed by atoms with van der Waals surface area (Å²) in [5.74, 6) is 0.950. The summed E-state index contributed by atoms with van der Waals surface area (Å²) in [5, 5.41) is 0. The molecule has 16 heavy (non-hydrogen) atoms. The Morgan fingerprint density at radius 1 is 1.50 bits per heavy atom. The average Bonchev–Trinajstić information content (AvgIpc) is 2.57. The van der Waals surface area contributed by atoms with Gasteiger partial charge in [0.25, 0.3) is 0 Å². The Kier molecular flexibility index (Phi) is 4.61. The van der Waals surface area contributed by atoms with E-state index in [1.54, 1.807) is 10.6 Å². The van der Waals surface area contributed by atoms with Gasteiger partial charge in [-0.2, -0.15) is 11.8 Å². The molecule has 0 radical (unpaired) electrons. The van der Waals surface area contributed by atoms with E-state index >= 15 is 0 Å². The molecule has 0 saturated heterocycles. The van der Waals surface area contributed by atoms with Crippen molar-refractivity contribution < 1.29 is 13.2 Å². The summed E-state index contributed by atoms with van der Waals surface area (Å²) in [7, 11) is -1.11. The summed E-state index contributed by atoms with van der Waals surface area (Å²) in [4.78, 5) is 11.7. The Labute approximate surface area is 100.0 Å². The summed E-state index contributed by atoms with van der Waals surface area (Å²) in [6.45, 7) is 0. The highest BCUT2D eigenvalue weighted by Gasteiger charge is 2.09. The normalized spacial score (nSPS) is 11.6. The lowest BCUT2D eigenvalue weighted by atomic mass is 10.3. The number of aryl methyl sites for hydroxylation is 1. The average molecular weight is 261 g/mol. The van der Waals surface area contributed by atoms with Crippen molar-refractivity contribution in [3.63, 3.8) is 0 Å². The molecule has 0 saturated carbocycles. The maximum atomic E-state index is 11.7. The van der Waals surface area contributed by atoms with Crippen molar-refractivity contribution in [2.24, 2.45) is 7.05 Å². The first-order valence-corrected chi connectivity index (χ1v) is 8.01. The maximum absolute atomic E-state index is 11.7. The van der Waals surface area contributed by atoms with E-state index < -0.39 is 9.84 Å². The van der Waals surface area contributed by atoms with E-state index in [0.717, 1.165) is 0 Å². The van der Waals surface area contributed by atoms with Crippen molar-refractivity contribution in [3.05, 3.63) is 24.0 Å². The van der Waals surface area contributed by atoms with Gasteiger partial charge in [-0.15, -0.1) is 0 Å². The van der Waals surface area contributed by atoms with E-state index in [-0.39, 0.29) is 11.5 Å². The second kappa shape index (κ2) is 5.54. The van der Waals surface area contributed by atoms with Crippen LogP contribution in [0.4, 0.5) is 0 Å². The van der Waals surface area contributed by atoms with Crippen LogP contribution in [0.3, 0.4) is 0 Å². The number of rotatable bonds is 6. The summed E-state index contributed by atoms with van der Waals surface area (Å²) in [6, 6.07) is 3.58. The van der Waals surface area contributed by atoms with E-state index in [2.05, 4.69) is 0 Å². The first-order chi connectivity index (χ1) is 7.40. The first-order valence-electron chi connectivity index (χ1n) is 4.80. The van der Waals surface area contributed by atoms with Crippen molar-refractivity contribution in [1.29, 1.82) is 0 Å². The number of hydrogen-bond donors (Lipinski definition) is 0. The molecule has 0 aliphatic heterocycles. The molecule has 90 valence electrons. The first kappa shape index (κ1) is 13.3. The number of hydrogen-bond acceptors (Lipinski definition) is 4. The van der Waals surface area contributed by atoms with Crippen LogP contribution < -0.4 is 0 Å². The fourth-order valence-corrected chi connectivity index (χ4v) is 3.36. The van der Waals surface area contributed by atoms with Gasteiger partial charge in [0.1, 0.15) is 9.84 Å². The molecule has 1 aromatic heterocycles. The Balaban J connectivity index is 2.35. The zero-order valence-electron chi connectivity index (χ0n) is 9.34. The molecule has 0 atom stereocenters. The number of thioether (sulfide) groups is 1. The third-order valence-electron chi connectivity index (χ3n) is 2.06. The number of carbonyl (C=O) groups is 1. The standard InChI is InChI=1S/C10H15NO3S2/c1-11-5-3-4-9(11)10(12)8-15-6-7-16(2,13)14/h3-5H,6-8H2,1-2H3. The van der Waals surface area contributed by atoms with Crippen LogP contribution in [0.1, 0.15) is 10.5 Å². The van der Waals surface area contributed by atoms with Gasteiger partial charge in [-0.3, -0.25) is 4.79 Å². The minimum Gasteiger partial charge on any atom is -0.348 e. The van der Waals surface area contributed by atoms with Gasteiger partial charge in [-0.25, -0.2) is 8.42 Å². The van der Waals surface area contributed by atoms with Crippen molar-refractivity contribution in [2.45, 2.75) is 0 Å². The topological polar surface area (TPSA) is 56.1 Å². The third-order valence-corrected chi connectivity index (χ3v) is 4.22. The molecule has 0 aliphatic carbocycles. The quantitative estimate of drug-likeness (QED) is 0.566. The van der Waals surface area contributed by atoms with Crippen LogP contribution in [0, 0.1) is 0 Å². The molecular weight excluding hydrogens is 246 g/mol. The molecule has 1 aromatic rings. The van der Waals surface area contributed by atoms with Gasteiger partial charge in [-0.05, 0) is 12.1 Å². The lowest BCUT2D eigenvalue weighted by Crippen LogP contribution is -2.10. The van der Waals surface area contributed by atoms with Crippen LogP contribution >= 0.6 is 11.8 Å². The molecule has 0 aliphatic rings.